The van der Waals surface area contributed by atoms with E-state index in [2.05, 4.69) is 20.6 Å². The molecule has 1 aliphatic rings. The molecule has 0 radical (unpaired) electrons. The smallest absolute Gasteiger partial charge is 0.354 e. The van der Waals surface area contributed by atoms with Gasteiger partial charge in [-0.1, -0.05) is 0 Å². The monoisotopic (exact) mass is 256 g/mol. The lowest BCUT2D eigenvalue weighted by Gasteiger charge is -2.10. The Balaban J connectivity index is 2.20. The van der Waals surface area contributed by atoms with Crippen LogP contribution in [0.15, 0.2) is 6.07 Å². The van der Waals surface area contributed by atoms with Crippen LogP contribution >= 0.6 is 11.6 Å². The Morgan fingerprint density at radius 1 is 1.59 bits per heavy atom. The lowest BCUT2D eigenvalue weighted by atomic mass is 10.2. The summed E-state index contributed by atoms with van der Waals surface area (Å²) in [6, 6.07) is 0.822. The van der Waals surface area contributed by atoms with Crippen LogP contribution in [0.25, 0.3) is 0 Å². The standard InChI is InChI=1S/C9H9ClN4O3/c10-9-13-5(8(16)17)3-6(14-9)12-4-1-2-11-7(4)15/h3-4H,1-2H2,(H,11,15)(H,16,17)(H,12,13,14)/t4-/m0/s1. The van der Waals surface area contributed by atoms with E-state index in [0.29, 0.717) is 13.0 Å². The topological polar surface area (TPSA) is 104 Å². The SMILES string of the molecule is O=C(O)c1cc(N[C@H]2CCNC2=O)nc(Cl)n1. The van der Waals surface area contributed by atoms with E-state index in [0.717, 1.165) is 0 Å². The van der Waals surface area contributed by atoms with E-state index in [1.165, 1.54) is 6.07 Å². The number of carbonyl (C=O) groups excluding carboxylic acids is 1. The molecule has 0 unspecified atom stereocenters. The second kappa shape index (κ2) is 4.54. The number of nitrogens with zero attached hydrogens (tertiary/aromatic N) is 2. The maximum Gasteiger partial charge on any atom is 0.354 e. The largest absolute Gasteiger partial charge is 0.477 e. The molecule has 1 aromatic rings. The molecule has 2 heterocycles. The minimum absolute atomic E-state index is 0.142. The van der Waals surface area contributed by atoms with Gasteiger partial charge in [0.2, 0.25) is 11.2 Å². The van der Waals surface area contributed by atoms with Gasteiger partial charge in [-0.15, -0.1) is 0 Å². The summed E-state index contributed by atoms with van der Waals surface area (Å²) in [6.45, 7) is 0.584. The van der Waals surface area contributed by atoms with Crippen LogP contribution in [0.4, 0.5) is 5.82 Å². The highest BCUT2D eigenvalue weighted by atomic mass is 35.5. The number of aromatic carboxylic acids is 1. The van der Waals surface area contributed by atoms with Crippen LogP contribution in [-0.4, -0.2) is 39.5 Å². The molecule has 1 aromatic heterocycles. The van der Waals surface area contributed by atoms with Crippen LogP contribution in [0.1, 0.15) is 16.9 Å². The Kier molecular flexibility index (Phi) is 3.10. The van der Waals surface area contributed by atoms with Gasteiger partial charge in [0.25, 0.3) is 0 Å². The van der Waals surface area contributed by atoms with E-state index in [4.69, 9.17) is 16.7 Å². The third kappa shape index (κ3) is 2.62. The highest BCUT2D eigenvalue weighted by Crippen LogP contribution is 2.14. The quantitative estimate of drug-likeness (QED) is 0.664. The van der Waals surface area contributed by atoms with Crippen molar-refractivity contribution in [2.75, 3.05) is 11.9 Å². The van der Waals surface area contributed by atoms with Gasteiger partial charge in [0.15, 0.2) is 5.69 Å². The summed E-state index contributed by atoms with van der Waals surface area (Å²) < 4.78 is 0. The van der Waals surface area contributed by atoms with Gasteiger partial charge in [0.05, 0.1) is 0 Å². The van der Waals surface area contributed by atoms with E-state index in [1.54, 1.807) is 0 Å². The number of aromatic nitrogens is 2. The van der Waals surface area contributed by atoms with Crippen LogP contribution in [0.5, 0.6) is 0 Å². The summed E-state index contributed by atoms with van der Waals surface area (Å²) in [5, 5.41) is 14.1. The molecule has 1 aliphatic heterocycles. The molecule has 0 spiro atoms. The van der Waals surface area contributed by atoms with Crippen molar-refractivity contribution >= 4 is 29.3 Å². The maximum absolute atomic E-state index is 11.3. The first-order valence-electron chi connectivity index (χ1n) is 4.88. The third-order valence-electron chi connectivity index (χ3n) is 2.29. The fourth-order valence-corrected chi connectivity index (χ4v) is 1.69. The molecular weight excluding hydrogens is 248 g/mol. The van der Waals surface area contributed by atoms with Gasteiger partial charge in [-0.2, -0.15) is 0 Å². The lowest BCUT2D eigenvalue weighted by Crippen LogP contribution is -2.30. The van der Waals surface area contributed by atoms with Crippen LogP contribution in [0.3, 0.4) is 0 Å². The van der Waals surface area contributed by atoms with Crippen LogP contribution < -0.4 is 10.6 Å². The summed E-state index contributed by atoms with van der Waals surface area (Å²) in [6.07, 6.45) is 0.614. The van der Waals surface area contributed by atoms with Gasteiger partial charge < -0.3 is 15.7 Å². The zero-order valence-corrected chi connectivity index (χ0v) is 9.36. The summed E-state index contributed by atoms with van der Waals surface area (Å²) in [5.41, 5.74) is -0.217. The molecule has 8 heteroatoms. The van der Waals surface area contributed by atoms with Crippen molar-refractivity contribution < 1.29 is 14.7 Å². The Morgan fingerprint density at radius 3 is 2.94 bits per heavy atom. The van der Waals surface area contributed by atoms with Gasteiger partial charge >= 0.3 is 5.97 Å². The molecule has 3 N–H and O–H groups in total. The highest BCUT2D eigenvalue weighted by molar-refractivity contribution is 6.28. The predicted octanol–water partition coefficient (Wildman–Crippen LogP) is 0.129. The zero-order chi connectivity index (χ0) is 12.4. The molecule has 90 valence electrons. The van der Waals surface area contributed by atoms with E-state index in [-0.39, 0.29) is 22.7 Å². The van der Waals surface area contributed by atoms with Crippen LogP contribution in [-0.2, 0) is 4.79 Å². The molecule has 7 nitrogen and oxygen atoms in total. The lowest BCUT2D eigenvalue weighted by molar-refractivity contribution is -0.119. The fourth-order valence-electron chi connectivity index (χ4n) is 1.51. The van der Waals surface area contributed by atoms with Crippen molar-refractivity contribution in [3.05, 3.63) is 17.0 Å². The molecule has 0 aromatic carbocycles. The second-order valence-corrected chi connectivity index (χ2v) is 3.83. The molecule has 0 saturated carbocycles. The van der Waals surface area contributed by atoms with Crippen molar-refractivity contribution in [3.63, 3.8) is 0 Å². The Morgan fingerprint density at radius 2 is 2.35 bits per heavy atom. The van der Waals surface area contributed by atoms with E-state index in [1.807, 2.05) is 0 Å². The summed E-state index contributed by atoms with van der Waals surface area (Å²) in [7, 11) is 0. The number of hydrogen-bond donors (Lipinski definition) is 3. The number of amides is 1. The number of hydrogen-bond acceptors (Lipinski definition) is 5. The highest BCUT2D eigenvalue weighted by Gasteiger charge is 2.24. The van der Waals surface area contributed by atoms with Crippen LogP contribution in [0, 0.1) is 0 Å². The summed E-state index contributed by atoms with van der Waals surface area (Å²) in [4.78, 5) is 29.4. The number of carboxylic acids is 1. The summed E-state index contributed by atoms with van der Waals surface area (Å²) >= 11 is 5.59. The van der Waals surface area contributed by atoms with Gasteiger partial charge in [-0.3, -0.25) is 4.79 Å². The first kappa shape index (κ1) is 11.6. The number of nitrogens with one attached hydrogen (secondary N) is 2. The number of rotatable bonds is 3. The Labute approximate surface area is 101 Å². The minimum Gasteiger partial charge on any atom is -0.477 e. The van der Waals surface area contributed by atoms with Gasteiger partial charge in [-0.25, -0.2) is 14.8 Å². The molecule has 17 heavy (non-hydrogen) atoms. The van der Waals surface area contributed by atoms with Crippen molar-refractivity contribution in [1.82, 2.24) is 15.3 Å². The molecular formula is C9H9ClN4O3. The third-order valence-corrected chi connectivity index (χ3v) is 2.46. The zero-order valence-electron chi connectivity index (χ0n) is 8.61. The van der Waals surface area contributed by atoms with Crippen LogP contribution in [0.2, 0.25) is 5.28 Å². The normalized spacial score (nSPS) is 18.9. The minimum atomic E-state index is -1.20. The van der Waals surface area contributed by atoms with E-state index in [9.17, 15) is 9.59 Å². The Bertz CT molecular complexity index is 479. The molecule has 1 fully saturated rings. The van der Waals surface area contributed by atoms with Crippen molar-refractivity contribution in [1.29, 1.82) is 0 Å². The number of carbonyl (C=O) groups is 2. The van der Waals surface area contributed by atoms with E-state index >= 15 is 0 Å². The van der Waals surface area contributed by atoms with Gasteiger partial charge in [-0.05, 0) is 18.0 Å². The molecule has 1 amide bonds. The first-order chi connectivity index (χ1) is 8.06. The molecule has 1 saturated heterocycles. The number of carboxylic acid groups (broad SMARTS) is 1. The predicted molar refractivity (Wildman–Crippen MR) is 59.0 cm³/mol. The summed E-state index contributed by atoms with van der Waals surface area (Å²) in [5.74, 6) is -1.12. The molecule has 0 bridgehead atoms. The van der Waals surface area contributed by atoms with E-state index < -0.39 is 12.0 Å². The second-order valence-electron chi connectivity index (χ2n) is 3.49. The fraction of sp³-hybridized carbons (Fsp3) is 0.333. The van der Waals surface area contributed by atoms with Crippen molar-refractivity contribution in [2.45, 2.75) is 12.5 Å². The molecule has 0 aliphatic carbocycles. The average molecular weight is 257 g/mol. The molecule has 1 atom stereocenters. The van der Waals surface area contributed by atoms with Crippen molar-refractivity contribution in [3.8, 4) is 0 Å². The Hall–Kier alpha value is -1.89. The van der Waals surface area contributed by atoms with Crippen molar-refractivity contribution in [2.24, 2.45) is 0 Å². The van der Waals surface area contributed by atoms with Gasteiger partial charge in [0.1, 0.15) is 11.9 Å². The number of halogens is 1. The first-order valence-corrected chi connectivity index (χ1v) is 5.26. The van der Waals surface area contributed by atoms with Gasteiger partial charge in [0, 0.05) is 12.6 Å². The average Bonchev–Trinajstić information content (AvgIpc) is 2.63. The number of anilines is 1. The maximum atomic E-state index is 11.3. The molecule has 2 rings (SSSR count).